The molecular weight excluding hydrogens is 276 g/mol. The molecule has 0 saturated heterocycles. The molecule has 3 rings (SSSR count). The Morgan fingerprint density at radius 2 is 2.00 bits per heavy atom. The van der Waals surface area contributed by atoms with Gasteiger partial charge in [0.1, 0.15) is 12.4 Å². The predicted molar refractivity (Wildman–Crippen MR) is 85.5 cm³/mol. The molecule has 3 heteroatoms. The highest BCUT2D eigenvalue weighted by Crippen LogP contribution is 2.37. The Hall–Kier alpha value is -2.55. The number of rotatable bonds is 3. The number of benzene rings is 2. The molecule has 22 heavy (non-hydrogen) atoms. The van der Waals surface area contributed by atoms with Crippen molar-refractivity contribution in [3.63, 3.8) is 0 Å². The maximum absolute atomic E-state index is 11.2. The normalized spacial score (nSPS) is 17.3. The summed E-state index contributed by atoms with van der Waals surface area (Å²) in [5.41, 5.74) is 3.53. The van der Waals surface area contributed by atoms with Crippen LogP contribution < -0.4 is 4.74 Å². The van der Waals surface area contributed by atoms with E-state index in [-0.39, 0.29) is 5.92 Å². The molecular formula is C19H18O3. The van der Waals surface area contributed by atoms with Crippen molar-refractivity contribution in [2.45, 2.75) is 18.8 Å². The number of ether oxygens (including phenoxy) is 1. The Balaban J connectivity index is 1.99. The fourth-order valence-electron chi connectivity index (χ4n) is 2.91. The van der Waals surface area contributed by atoms with Crippen molar-refractivity contribution in [3.05, 3.63) is 77.4 Å². The van der Waals surface area contributed by atoms with Crippen LogP contribution in [0.15, 0.2) is 60.7 Å². The smallest absolute Gasteiger partial charge is 0.335 e. The first-order valence-corrected chi connectivity index (χ1v) is 7.34. The van der Waals surface area contributed by atoms with Gasteiger partial charge >= 0.3 is 5.97 Å². The molecule has 1 N–H and O–H groups in total. The third kappa shape index (κ3) is 3.03. The number of carboxylic acid groups (broad SMARTS) is 1. The average molecular weight is 294 g/mol. The molecule has 0 spiro atoms. The molecule has 0 amide bonds. The molecule has 1 aliphatic rings. The van der Waals surface area contributed by atoms with Crippen LogP contribution in [0.5, 0.6) is 5.75 Å². The van der Waals surface area contributed by atoms with Gasteiger partial charge in [-0.1, -0.05) is 36.9 Å². The van der Waals surface area contributed by atoms with E-state index in [1.165, 1.54) is 5.56 Å². The summed E-state index contributed by atoms with van der Waals surface area (Å²) in [6.45, 7) is 4.56. The van der Waals surface area contributed by atoms with E-state index in [2.05, 4.69) is 18.7 Å². The molecule has 2 aromatic rings. The molecule has 3 nitrogen and oxygen atoms in total. The molecule has 0 saturated carbocycles. The van der Waals surface area contributed by atoms with Crippen molar-refractivity contribution in [2.75, 3.05) is 6.61 Å². The molecule has 112 valence electrons. The first kappa shape index (κ1) is 14.4. The second-order valence-electron chi connectivity index (χ2n) is 5.69. The van der Waals surface area contributed by atoms with Gasteiger partial charge < -0.3 is 9.84 Å². The highest BCUT2D eigenvalue weighted by molar-refractivity contribution is 5.88. The van der Waals surface area contributed by atoms with Crippen molar-refractivity contribution in [1.82, 2.24) is 0 Å². The fraction of sp³-hybridized carbons (Fsp3) is 0.211. The van der Waals surface area contributed by atoms with Gasteiger partial charge in [-0.3, -0.25) is 0 Å². The molecule has 2 aromatic carbocycles. The molecule has 0 fully saturated rings. The Labute approximate surface area is 129 Å². The van der Waals surface area contributed by atoms with Crippen LogP contribution in [0.4, 0.5) is 0 Å². The number of fused-ring (bicyclic) bond motifs is 1. The molecule has 0 bridgehead atoms. The Morgan fingerprint density at radius 3 is 2.73 bits per heavy atom. The minimum absolute atomic E-state index is 0.187. The number of aromatic carboxylic acids is 1. The van der Waals surface area contributed by atoms with Crippen LogP contribution in [0.25, 0.3) is 0 Å². The highest BCUT2D eigenvalue weighted by Gasteiger charge is 2.23. The van der Waals surface area contributed by atoms with Crippen LogP contribution in [-0.4, -0.2) is 17.7 Å². The van der Waals surface area contributed by atoms with Crippen molar-refractivity contribution in [3.8, 4) is 5.75 Å². The summed E-state index contributed by atoms with van der Waals surface area (Å²) in [6.07, 6.45) is 1.66. The Kier molecular flexibility index (Phi) is 3.96. The van der Waals surface area contributed by atoms with Crippen molar-refractivity contribution >= 4 is 5.97 Å². The molecule has 0 radical (unpaired) electrons. The van der Waals surface area contributed by atoms with Gasteiger partial charge in [-0.25, -0.2) is 4.79 Å². The van der Waals surface area contributed by atoms with Gasteiger partial charge in [0.2, 0.25) is 0 Å². The molecule has 0 aromatic heterocycles. The molecule has 1 aliphatic heterocycles. The Bertz CT molecular complexity index is 704. The van der Waals surface area contributed by atoms with Gasteiger partial charge in [-0.05, 0) is 53.7 Å². The van der Waals surface area contributed by atoms with Gasteiger partial charge in [0.25, 0.3) is 0 Å². The van der Waals surface area contributed by atoms with Crippen LogP contribution in [0, 0.1) is 0 Å². The fourth-order valence-corrected chi connectivity index (χ4v) is 2.91. The molecule has 0 aliphatic carbocycles. The lowest BCUT2D eigenvalue weighted by Gasteiger charge is -2.17. The van der Waals surface area contributed by atoms with E-state index in [9.17, 15) is 9.90 Å². The number of carbonyl (C=O) groups is 1. The highest BCUT2D eigenvalue weighted by atomic mass is 16.5. The summed E-state index contributed by atoms with van der Waals surface area (Å²) < 4.78 is 5.77. The first-order valence-electron chi connectivity index (χ1n) is 7.34. The predicted octanol–water partition coefficient (Wildman–Crippen LogP) is 4.05. The SMILES string of the molecule is C=C1COc2ccc(C(=O)O)cc2C(Cc2ccccc2)C1. The topological polar surface area (TPSA) is 46.5 Å². The Morgan fingerprint density at radius 1 is 1.23 bits per heavy atom. The zero-order valence-electron chi connectivity index (χ0n) is 12.3. The molecule has 1 unspecified atom stereocenters. The van der Waals surface area contributed by atoms with Gasteiger partial charge in [0, 0.05) is 0 Å². The maximum Gasteiger partial charge on any atom is 0.335 e. The van der Waals surface area contributed by atoms with E-state index in [1.807, 2.05) is 18.2 Å². The monoisotopic (exact) mass is 294 g/mol. The summed E-state index contributed by atoms with van der Waals surface area (Å²) in [5.74, 6) is 0.0422. The second kappa shape index (κ2) is 6.06. The van der Waals surface area contributed by atoms with Crippen molar-refractivity contribution in [1.29, 1.82) is 0 Å². The van der Waals surface area contributed by atoms with Crippen molar-refractivity contribution in [2.24, 2.45) is 0 Å². The van der Waals surface area contributed by atoms with Crippen LogP contribution in [-0.2, 0) is 6.42 Å². The first-order chi connectivity index (χ1) is 10.6. The van der Waals surface area contributed by atoms with E-state index in [1.54, 1.807) is 18.2 Å². The van der Waals surface area contributed by atoms with E-state index in [4.69, 9.17) is 4.74 Å². The zero-order valence-corrected chi connectivity index (χ0v) is 12.3. The summed E-state index contributed by atoms with van der Waals surface area (Å²) in [4.78, 5) is 11.2. The largest absolute Gasteiger partial charge is 0.489 e. The number of hydrogen-bond acceptors (Lipinski definition) is 2. The van der Waals surface area contributed by atoms with Crippen LogP contribution in [0.2, 0.25) is 0 Å². The average Bonchev–Trinajstić information content (AvgIpc) is 2.67. The van der Waals surface area contributed by atoms with Gasteiger partial charge in [-0.15, -0.1) is 0 Å². The van der Waals surface area contributed by atoms with E-state index >= 15 is 0 Å². The lowest BCUT2D eigenvalue weighted by molar-refractivity contribution is 0.0696. The van der Waals surface area contributed by atoms with Crippen molar-refractivity contribution < 1.29 is 14.6 Å². The summed E-state index contributed by atoms with van der Waals surface area (Å²) >= 11 is 0. The summed E-state index contributed by atoms with van der Waals surface area (Å²) in [5, 5.41) is 9.23. The quantitative estimate of drug-likeness (QED) is 0.869. The molecule has 1 atom stereocenters. The van der Waals surface area contributed by atoms with Crippen LogP contribution in [0.1, 0.15) is 33.8 Å². The van der Waals surface area contributed by atoms with E-state index < -0.39 is 5.97 Å². The number of carboxylic acids is 1. The second-order valence-corrected chi connectivity index (χ2v) is 5.69. The minimum atomic E-state index is -0.913. The van der Waals surface area contributed by atoms with Crippen LogP contribution >= 0.6 is 0 Å². The maximum atomic E-state index is 11.2. The zero-order chi connectivity index (χ0) is 15.5. The van der Waals surface area contributed by atoms with E-state index in [0.29, 0.717) is 12.2 Å². The lowest BCUT2D eigenvalue weighted by atomic mass is 9.86. The molecule has 1 heterocycles. The summed E-state index contributed by atoms with van der Waals surface area (Å²) in [6, 6.07) is 15.3. The van der Waals surface area contributed by atoms with E-state index in [0.717, 1.165) is 29.7 Å². The van der Waals surface area contributed by atoms with Gasteiger partial charge in [0.05, 0.1) is 5.56 Å². The third-order valence-electron chi connectivity index (χ3n) is 3.99. The van der Waals surface area contributed by atoms with Gasteiger partial charge in [0.15, 0.2) is 0 Å². The minimum Gasteiger partial charge on any atom is -0.489 e. The standard InChI is InChI=1S/C19H18O3/c1-13-9-16(10-14-5-3-2-4-6-14)17-11-15(19(20)21)7-8-18(17)22-12-13/h2-8,11,16H,1,9-10,12H2,(H,20,21). The van der Waals surface area contributed by atoms with Gasteiger partial charge in [-0.2, -0.15) is 0 Å². The summed E-state index contributed by atoms with van der Waals surface area (Å²) in [7, 11) is 0. The lowest BCUT2D eigenvalue weighted by Crippen LogP contribution is -2.05. The van der Waals surface area contributed by atoms with Crippen LogP contribution in [0.3, 0.4) is 0 Å². The third-order valence-corrected chi connectivity index (χ3v) is 3.99. The number of hydrogen-bond donors (Lipinski definition) is 1.